The Kier molecular flexibility index (Phi) is 3.99. The van der Waals surface area contributed by atoms with Crippen LogP contribution >= 0.6 is 0 Å². The van der Waals surface area contributed by atoms with Gasteiger partial charge in [0.1, 0.15) is 4.90 Å². The summed E-state index contributed by atoms with van der Waals surface area (Å²) in [4.78, 5) is 0.272. The molecular weight excluding hydrogens is 272 g/mol. The predicted octanol–water partition coefficient (Wildman–Crippen LogP) is 2.86. The lowest BCUT2D eigenvalue weighted by atomic mass is 10.2. The summed E-state index contributed by atoms with van der Waals surface area (Å²) in [7, 11) is -0.303. The van der Waals surface area contributed by atoms with Gasteiger partial charge >= 0.3 is 0 Å². The molecule has 1 N–H and O–H groups in total. The van der Waals surface area contributed by atoms with Gasteiger partial charge in [0.15, 0.2) is 0 Å². The van der Waals surface area contributed by atoms with E-state index in [4.69, 9.17) is 0 Å². The molecule has 0 aromatic heterocycles. The zero-order valence-corrected chi connectivity index (χ0v) is 12.6. The molecule has 0 saturated carbocycles. The Hall–Kier alpha value is -2.01. The Morgan fingerprint density at radius 3 is 2.25 bits per heavy atom. The number of anilines is 2. The molecule has 0 amide bonds. The molecule has 0 saturated heterocycles. The number of hydrogen-bond donors (Lipinski definition) is 1. The largest absolute Gasteiger partial charge is 0.387 e. The van der Waals surface area contributed by atoms with Crippen LogP contribution in [0.1, 0.15) is 5.56 Å². The van der Waals surface area contributed by atoms with Crippen molar-refractivity contribution in [2.24, 2.45) is 0 Å². The summed E-state index contributed by atoms with van der Waals surface area (Å²) in [5.74, 6) is 0. The average molecular weight is 290 g/mol. The van der Waals surface area contributed by atoms with Crippen LogP contribution in [0.3, 0.4) is 0 Å². The predicted molar refractivity (Wildman–Crippen MR) is 82.8 cm³/mol. The first-order chi connectivity index (χ1) is 9.48. The fourth-order valence-electron chi connectivity index (χ4n) is 2.09. The van der Waals surface area contributed by atoms with Crippen molar-refractivity contribution in [3.05, 3.63) is 54.1 Å². The lowest BCUT2D eigenvalue weighted by molar-refractivity contribution is 0.594. The molecule has 2 aromatic rings. The highest BCUT2D eigenvalue weighted by molar-refractivity contribution is 7.93. The first-order valence-corrected chi connectivity index (χ1v) is 7.74. The third-order valence-corrected chi connectivity index (χ3v) is 5.08. The standard InChI is InChI=1S/C15H18N2O2S/c1-12-8-4-6-10-14(12)17(3)20(18,19)15-11-7-5-9-13(15)16-2/h4-11,16H,1-3H3. The van der Waals surface area contributed by atoms with Gasteiger partial charge in [0.25, 0.3) is 10.0 Å². The minimum Gasteiger partial charge on any atom is -0.387 e. The van der Waals surface area contributed by atoms with Crippen LogP contribution in [-0.2, 0) is 10.0 Å². The van der Waals surface area contributed by atoms with Gasteiger partial charge in [0, 0.05) is 14.1 Å². The van der Waals surface area contributed by atoms with Gasteiger partial charge in [0.2, 0.25) is 0 Å². The molecule has 0 aliphatic carbocycles. The van der Waals surface area contributed by atoms with E-state index in [2.05, 4.69) is 5.32 Å². The van der Waals surface area contributed by atoms with Crippen molar-refractivity contribution in [2.45, 2.75) is 11.8 Å². The van der Waals surface area contributed by atoms with E-state index in [0.717, 1.165) is 5.56 Å². The second-order valence-corrected chi connectivity index (χ2v) is 6.44. The molecular formula is C15H18N2O2S. The molecule has 2 aromatic carbocycles. The Bertz CT molecular complexity index is 711. The van der Waals surface area contributed by atoms with Gasteiger partial charge in [-0.1, -0.05) is 30.3 Å². The number of sulfonamides is 1. The highest BCUT2D eigenvalue weighted by Gasteiger charge is 2.24. The molecule has 0 spiro atoms. The van der Waals surface area contributed by atoms with Crippen molar-refractivity contribution in [3.8, 4) is 0 Å². The number of benzene rings is 2. The molecule has 4 nitrogen and oxygen atoms in total. The fourth-order valence-corrected chi connectivity index (χ4v) is 3.55. The summed E-state index contributed by atoms with van der Waals surface area (Å²) in [6.07, 6.45) is 0. The topological polar surface area (TPSA) is 49.4 Å². The first kappa shape index (κ1) is 14.4. The molecule has 0 fully saturated rings. The Labute approximate surface area is 120 Å². The lowest BCUT2D eigenvalue weighted by Gasteiger charge is -2.22. The fraction of sp³-hybridized carbons (Fsp3) is 0.200. The van der Waals surface area contributed by atoms with E-state index in [1.165, 1.54) is 4.31 Å². The zero-order valence-electron chi connectivity index (χ0n) is 11.8. The molecule has 5 heteroatoms. The minimum absolute atomic E-state index is 0.272. The second-order valence-electron chi connectivity index (χ2n) is 4.51. The number of para-hydroxylation sites is 2. The highest BCUT2D eigenvalue weighted by atomic mass is 32.2. The Morgan fingerprint density at radius 1 is 1.00 bits per heavy atom. The summed E-state index contributed by atoms with van der Waals surface area (Å²) >= 11 is 0. The van der Waals surface area contributed by atoms with Crippen molar-refractivity contribution in [1.82, 2.24) is 0 Å². The van der Waals surface area contributed by atoms with E-state index in [1.54, 1.807) is 44.4 Å². The van der Waals surface area contributed by atoms with Crippen LogP contribution in [0.4, 0.5) is 11.4 Å². The number of hydrogen-bond acceptors (Lipinski definition) is 3. The van der Waals surface area contributed by atoms with E-state index < -0.39 is 10.0 Å². The second kappa shape index (κ2) is 5.54. The van der Waals surface area contributed by atoms with Crippen LogP contribution in [0.25, 0.3) is 0 Å². The smallest absolute Gasteiger partial charge is 0.266 e. The lowest BCUT2D eigenvalue weighted by Crippen LogP contribution is -2.27. The van der Waals surface area contributed by atoms with Crippen molar-refractivity contribution >= 4 is 21.4 Å². The number of rotatable bonds is 4. The Balaban J connectivity index is 2.53. The highest BCUT2D eigenvalue weighted by Crippen LogP contribution is 2.28. The van der Waals surface area contributed by atoms with Crippen molar-refractivity contribution in [1.29, 1.82) is 0 Å². The minimum atomic E-state index is -3.59. The van der Waals surface area contributed by atoms with Crippen LogP contribution in [0.5, 0.6) is 0 Å². The van der Waals surface area contributed by atoms with Crippen molar-refractivity contribution < 1.29 is 8.42 Å². The molecule has 106 valence electrons. The van der Waals surface area contributed by atoms with Crippen LogP contribution in [0.15, 0.2) is 53.4 Å². The third kappa shape index (κ3) is 2.49. The Morgan fingerprint density at radius 2 is 1.60 bits per heavy atom. The summed E-state index contributed by atoms with van der Waals surface area (Å²) in [5, 5.41) is 2.92. The van der Waals surface area contributed by atoms with Crippen LogP contribution in [0.2, 0.25) is 0 Å². The van der Waals surface area contributed by atoms with Gasteiger partial charge in [0.05, 0.1) is 11.4 Å². The van der Waals surface area contributed by atoms with Gasteiger partial charge in [-0.25, -0.2) is 8.42 Å². The van der Waals surface area contributed by atoms with E-state index in [-0.39, 0.29) is 4.90 Å². The molecule has 0 aliphatic rings. The number of nitrogens with one attached hydrogen (secondary N) is 1. The third-order valence-electron chi connectivity index (χ3n) is 3.25. The molecule has 0 aliphatic heterocycles. The monoisotopic (exact) mass is 290 g/mol. The normalized spacial score (nSPS) is 11.2. The van der Waals surface area contributed by atoms with E-state index in [1.807, 2.05) is 25.1 Å². The quantitative estimate of drug-likeness (QED) is 0.942. The maximum absolute atomic E-state index is 12.8. The van der Waals surface area contributed by atoms with Crippen LogP contribution in [0, 0.1) is 6.92 Å². The van der Waals surface area contributed by atoms with E-state index in [9.17, 15) is 8.42 Å². The molecule has 0 unspecified atom stereocenters. The average Bonchev–Trinajstić information content (AvgIpc) is 2.47. The van der Waals surface area contributed by atoms with E-state index in [0.29, 0.717) is 11.4 Å². The SMILES string of the molecule is CNc1ccccc1S(=O)(=O)N(C)c1ccccc1C. The first-order valence-electron chi connectivity index (χ1n) is 6.30. The zero-order chi connectivity index (χ0) is 14.8. The maximum atomic E-state index is 12.8. The molecule has 2 rings (SSSR count). The molecule has 0 bridgehead atoms. The molecule has 0 heterocycles. The molecule has 0 radical (unpaired) electrons. The van der Waals surface area contributed by atoms with Crippen LogP contribution in [-0.4, -0.2) is 22.5 Å². The van der Waals surface area contributed by atoms with Gasteiger partial charge in [-0.2, -0.15) is 0 Å². The summed E-state index contributed by atoms with van der Waals surface area (Å²) in [6, 6.07) is 14.3. The van der Waals surface area contributed by atoms with Crippen molar-refractivity contribution in [3.63, 3.8) is 0 Å². The summed E-state index contributed by atoms with van der Waals surface area (Å²) < 4.78 is 26.8. The molecule has 20 heavy (non-hydrogen) atoms. The number of aryl methyl sites for hydroxylation is 1. The molecule has 0 atom stereocenters. The summed E-state index contributed by atoms with van der Waals surface area (Å²) in [5.41, 5.74) is 2.19. The number of nitrogens with zero attached hydrogens (tertiary/aromatic N) is 1. The van der Waals surface area contributed by atoms with Gasteiger partial charge in [-0.15, -0.1) is 0 Å². The van der Waals surface area contributed by atoms with Gasteiger partial charge < -0.3 is 5.32 Å². The maximum Gasteiger partial charge on any atom is 0.266 e. The van der Waals surface area contributed by atoms with Gasteiger partial charge in [-0.05, 0) is 30.7 Å². The van der Waals surface area contributed by atoms with E-state index >= 15 is 0 Å². The van der Waals surface area contributed by atoms with Crippen LogP contribution < -0.4 is 9.62 Å². The van der Waals surface area contributed by atoms with Crippen molar-refractivity contribution in [2.75, 3.05) is 23.7 Å². The summed E-state index contributed by atoms with van der Waals surface area (Å²) in [6.45, 7) is 1.89. The van der Waals surface area contributed by atoms with Gasteiger partial charge in [-0.3, -0.25) is 4.31 Å².